The summed E-state index contributed by atoms with van der Waals surface area (Å²) in [5.41, 5.74) is 2.38. The second-order valence-corrected chi connectivity index (χ2v) is 3.92. The lowest BCUT2D eigenvalue weighted by Crippen LogP contribution is -1.98. The van der Waals surface area contributed by atoms with E-state index in [0.29, 0.717) is 6.42 Å². The zero-order chi connectivity index (χ0) is 12.3. The summed E-state index contributed by atoms with van der Waals surface area (Å²) in [6.45, 7) is 2.05. The number of hydrogen-bond donors (Lipinski definition) is 0. The first-order valence-corrected chi connectivity index (χ1v) is 5.41. The standard InChI is InChI=1S/C14H14O3/c1-10-3-5-11(6-4-10)9-12-7-8-13(17-12)14(15)16-2/h3-8H,9H2,1-2H3. The molecule has 0 spiro atoms. The number of benzene rings is 1. The van der Waals surface area contributed by atoms with Crippen LogP contribution in [-0.2, 0) is 11.2 Å². The molecule has 0 fully saturated rings. The Morgan fingerprint density at radius 3 is 2.53 bits per heavy atom. The maximum atomic E-state index is 11.2. The Morgan fingerprint density at radius 2 is 1.88 bits per heavy atom. The fourth-order valence-electron chi connectivity index (χ4n) is 1.59. The Balaban J connectivity index is 2.11. The molecule has 0 unspecified atom stereocenters. The van der Waals surface area contributed by atoms with E-state index in [1.807, 2.05) is 6.92 Å². The topological polar surface area (TPSA) is 39.4 Å². The third-order valence-electron chi connectivity index (χ3n) is 2.55. The van der Waals surface area contributed by atoms with Crippen molar-refractivity contribution in [3.05, 3.63) is 59.0 Å². The summed E-state index contributed by atoms with van der Waals surface area (Å²) < 4.78 is 9.98. The van der Waals surface area contributed by atoms with Crippen LogP contribution in [0.4, 0.5) is 0 Å². The minimum atomic E-state index is -0.444. The van der Waals surface area contributed by atoms with Gasteiger partial charge in [-0.25, -0.2) is 4.79 Å². The van der Waals surface area contributed by atoms with Gasteiger partial charge in [0.15, 0.2) is 0 Å². The van der Waals surface area contributed by atoms with Crippen LogP contribution in [0.2, 0.25) is 0 Å². The second kappa shape index (κ2) is 4.87. The molecule has 1 aromatic heterocycles. The van der Waals surface area contributed by atoms with Crippen molar-refractivity contribution >= 4 is 5.97 Å². The summed E-state index contributed by atoms with van der Waals surface area (Å²) in [5.74, 6) is 0.559. The Bertz CT molecular complexity index is 509. The number of carbonyl (C=O) groups is 1. The van der Waals surface area contributed by atoms with Crippen molar-refractivity contribution in [2.75, 3.05) is 7.11 Å². The van der Waals surface area contributed by atoms with Crippen LogP contribution in [0.15, 0.2) is 40.8 Å². The zero-order valence-electron chi connectivity index (χ0n) is 9.90. The van der Waals surface area contributed by atoms with Crippen LogP contribution < -0.4 is 0 Å². The van der Waals surface area contributed by atoms with Crippen molar-refractivity contribution < 1.29 is 13.9 Å². The van der Waals surface area contributed by atoms with Gasteiger partial charge in [-0.15, -0.1) is 0 Å². The summed E-state index contributed by atoms with van der Waals surface area (Å²) in [6.07, 6.45) is 0.678. The first-order valence-electron chi connectivity index (χ1n) is 5.41. The van der Waals surface area contributed by atoms with E-state index in [9.17, 15) is 4.79 Å². The fraction of sp³-hybridized carbons (Fsp3) is 0.214. The van der Waals surface area contributed by atoms with E-state index in [1.165, 1.54) is 12.7 Å². The molecule has 0 saturated heterocycles. The molecule has 0 atom stereocenters. The molecule has 1 aromatic carbocycles. The van der Waals surface area contributed by atoms with E-state index in [4.69, 9.17) is 4.42 Å². The first kappa shape index (κ1) is 11.5. The third kappa shape index (κ3) is 2.75. The molecule has 0 saturated carbocycles. The highest BCUT2D eigenvalue weighted by Crippen LogP contribution is 2.14. The smallest absolute Gasteiger partial charge is 0.373 e. The van der Waals surface area contributed by atoms with Crippen LogP contribution in [0.5, 0.6) is 0 Å². The molecule has 0 aliphatic carbocycles. The van der Waals surface area contributed by atoms with Gasteiger partial charge in [0.05, 0.1) is 7.11 Å². The number of hydrogen-bond acceptors (Lipinski definition) is 3. The molecule has 3 heteroatoms. The molecule has 3 nitrogen and oxygen atoms in total. The molecule has 2 rings (SSSR count). The molecule has 1 heterocycles. The summed E-state index contributed by atoms with van der Waals surface area (Å²) in [4.78, 5) is 11.2. The predicted molar refractivity (Wildman–Crippen MR) is 64.0 cm³/mol. The second-order valence-electron chi connectivity index (χ2n) is 3.92. The van der Waals surface area contributed by atoms with Crippen LogP contribution in [0, 0.1) is 6.92 Å². The highest BCUT2D eigenvalue weighted by molar-refractivity contribution is 5.86. The van der Waals surface area contributed by atoms with Gasteiger partial charge in [-0.1, -0.05) is 29.8 Å². The van der Waals surface area contributed by atoms with Crippen LogP contribution in [0.25, 0.3) is 0 Å². The quantitative estimate of drug-likeness (QED) is 0.761. The van der Waals surface area contributed by atoms with E-state index >= 15 is 0 Å². The highest BCUT2D eigenvalue weighted by Gasteiger charge is 2.10. The van der Waals surface area contributed by atoms with E-state index in [2.05, 4.69) is 29.0 Å². The van der Waals surface area contributed by atoms with Gasteiger partial charge in [-0.2, -0.15) is 0 Å². The molecule has 0 N–H and O–H groups in total. The lowest BCUT2D eigenvalue weighted by Gasteiger charge is -1.99. The number of ether oxygens (including phenoxy) is 1. The van der Waals surface area contributed by atoms with Gasteiger partial charge < -0.3 is 9.15 Å². The summed E-state index contributed by atoms with van der Waals surface area (Å²) in [5, 5.41) is 0. The van der Waals surface area contributed by atoms with E-state index in [-0.39, 0.29) is 5.76 Å². The number of rotatable bonds is 3. The van der Waals surface area contributed by atoms with Crippen molar-refractivity contribution in [1.29, 1.82) is 0 Å². The van der Waals surface area contributed by atoms with Crippen molar-refractivity contribution in [3.8, 4) is 0 Å². The molecule has 0 aliphatic heterocycles. The van der Waals surface area contributed by atoms with Crippen molar-refractivity contribution in [3.63, 3.8) is 0 Å². The molecule has 0 bridgehead atoms. The van der Waals surface area contributed by atoms with Gasteiger partial charge in [0.1, 0.15) is 5.76 Å². The van der Waals surface area contributed by atoms with Crippen LogP contribution in [-0.4, -0.2) is 13.1 Å². The number of methoxy groups -OCH3 is 1. The maximum Gasteiger partial charge on any atom is 0.373 e. The summed E-state index contributed by atoms with van der Waals surface area (Å²) in [6, 6.07) is 11.6. The Kier molecular flexibility index (Phi) is 3.28. The number of furan rings is 1. The number of aryl methyl sites for hydroxylation is 1. The SMILES string of the molecule is COC(=O)c1ccc(Cc2ccc(C)cc2)o1. The van der Waals surface area contributed by atoms with Gasteiger partial charge in [-0.05, 0) is 24.6 Å². The Hall–Kier alpha value is -2.03. The van der Waals surface area contributed by atoms with Gasteiger partial charge in [0.25, 0.3) is 0 Å². The van der Waals surface area contributed by atoms with Crippen molar-refractivity contribution in [2.45, 2.75) is 13.3 Å². The zero-order valence-corrected chi connectivity index (χ0v) is 9.90. The van der Waals surface area contributed by atoms with Crippen molar-refractivity contribution in [2.24, 2.45) is 0 Å². The maximum absolute atomic E-state index is 11.2. The van der Waals surface area contributed by atoms with Gasteiger partial charge in [0, 0.05) is 6.42 Å². The molecule has 2 aromatic rings. The third-order valence-corrected chi connectivity index (χ3v) is 2.55. The first-order chi connectivity index (χ1) is 8.19. The van der Waals surface area contributed by atoms with E-state index in [0.717, 1.165) is 11.3 Å². The van der Waals surface area contributed by atoms with Gasteiger partial charge in [0.2, 0.25) is 5.76 Å². The number of carbonyl (C=O) groups excluding carboxylic acids is 1. The van der Waals surface area contributed by atoms with Gasteiger partial charge >= 0.3 is 5.97 Å². The predicted octanol–water partition coefficient (Wildman–Crippen LogP) is 2.97. The molecular weight excluding hydrogens is 216 g/mol. The molecule has 0 aliphatic rings. The lowest BCUT2D eigenvalue weighted by atomic mass is 10.1. The van der Waals surface area contributed by atoms with Crippen LogP contribution in [0.3, 0.4) is 0 Å². The van der Waals surface area contributed by atoms with Crippen LogP contribution in [0.1, 0.15) is 27.4 Å². The van der Waals surface area contributed by atoms with Crippen LogP contribution >= 0.6 is 0 Å². The minimum absolute atomic E-state index is 0.245. The molecule has 88 valence electrons. The summed E-state index contributed by atoms with van der Waals surface area (Å²) in [7, 11) is 1.34. The highest BCUT2D eigenvalue weighted by atomic mass is 16.5. The largest absolute Gasteiger partial charge is 0.463 e. The summed E-state index contributed by atoms with van der Waals surface area (Å²) >= 11 is 0. The normalized spacial score (nSPS) is 10.2. The molecule has 0 amide bonds. The average molecular weight is 230 g/mol. The molecular formula is C14H14O3. The fourth-order valence-corrected chi connectivity index (χ4v) is 1.59. The van der Waals surface area contributed by atoms with Crippen molar-refractivity contribution in [1.82, 2.24) is 0 Å². The average Bonchev–Trinajstić information content (AvgIpc) is 2.80. The van der Waals surface area contributed by atoms with Gasteiger partial charge in [-0.3, -0.25) is 0 Å². The number of esters is 1. The minimum Gasteiger partial charge on any atom is -0.463 e. The Labute approximate surface area is 100 Å². The molecule has 17 heavy (non-hydrogen) atoms. The van der Waals surface area contributed by atoms with E-state index < -0.39 is 5.97 Å². The monoisotopic (exact) mass is 230 g/mol. The van der Waals surface area contributed by atoms with E-state index in [1.54, 1.807) is 12.1 Å². The Morgan fingerprint density at radius 1 is 1.18 bits per heavy atom. The lowest BCUT2D eigenvalue weighted by molar-refractivity contribution is 0.0563. The molecule has 0 radical (unpaired) electrons.